The maximum Gasteiger partial charge on any atom is 0.0159 e. The highest BCUT2D eigenvalue weighted by Crippen LogP contribution is 2.47. The van der Waals surface area contributed by atoms with E-state index in [1.807, 2.05) is 0 Å². The van der Waals surface area contributed by atoms with Crippen molar-refractivity contribution in [1.29, 1.82) is 0 Å². The molecule has 0 amide bonds. The van der Waals surface area contributed by atoms with Crippen LogP contribution >= 0.6 is 0 Å². The zero-order valence-electron chi connectivity index (χ0n) is 19.8. The van der Waals surface area contributed by atoms with Crippen molar-refractivity contribution >= 4 is 0 Å². The molecule has 6 unspecified atom stereocenters. The van der Waals surface area contributed by atoms with Crippen molar-refractivity contribution in [1.82, 2.24) is 9.80 Å². The van der Waals surface area contributed by atoms with E-state index < -0.39 is 0 Å². The molecule has 2 aliphatic heterocycles. The van der Waals surface area contributed by atoms with Gasteiger partial charge in [-0.3, -0.25) is 9.80 Å². The second-order valence-electron chi connectivity index (χ2n) is 12.4. The molecule has 0 radical (unpaired) electrons. The zero-order chi connectivity index (χ0) is 20.1. The van der Waals surface area contributed by atoms with Crippen LogP contribution in [0.2, 0.25) is 0 Å². The Morgan fingerprint density at radius 2 is 0.964 bits per heavy atom. The third-order valence-corrected chi connectivity index (χ3v) is 9.61. The van der Waals surface area contributed by atoms with Gasteiger partial charge in [0, 0.05) is 36.3 Å². The summed E-state index contributed by atoms with van der Waals surface area (Å²) in [5.41, 5.74) is 0.744. The van der Waals surface area contributed by atoms with Crippen molar-refractivity contribution < 1.29 is 0 Å². The van der Waals surface area contributed by atoms with Crippen LogP contribution in [0.25, 0.3) is 0 Å². The van der Waals surface area contributed by atoms with Crippen molar-refractivity contribution in [3.63, 3.8) is 0 Å². The van der Waals surface area contributed by atoms with Crippen molar-refractivity contribution in [2.45, 2.75) is 129 Å². The van der Waals surface area contributed by atoms with Gasteiger partial charge in [-0.1, -0.05) is 39.5 Å². The van der Waals surface area contributed by atoms with E-state index in [1.165, 1.54) is 77.3 Å². The first-order chi connectivity index (χ1) is 13.2. The van der Waals surface area contributed by atoms with E-state index in [0.717, 1.165) is 35.8 Å². The summed E-state index contributed by atoms with van der Waals surface area (Å²) in [7, 11) is 0. The zero-order valence-corrected chi connectivity index (χ0v) is 19.8. The van der Waals surface area contributed by atoms with E-state index in [9.17, 15) is 0 Å². The molecule has 0 bridgehead atoms. The molecule has 0 aromatic heterocycles. The van der Waals surface area contributed by atoms with Crippen LogP contribution in [0, 0.1) is 23.7 Å². The van der Waals surface area contributed by atoms with Crippen LogP contribution in [-0.2, 0) is 0 Å². The summed E-state index contributed by atoms with van der Waals surface area (Å²) in [6.45, 7) is 17.8. The summed E-state index contributed by atoms with van der Waals surface area (Å²) in [4.78, 5) is 5.98. The molecule has 162 valence electrons. The van der Waals surface area contributed by atoms with Crippen molar-refractivity contribution in [2.24, 2.45) is 23.7 Å². The second-order valence-corrected chi connectivity index (χ2v) is 12.4. The van der Waals surface area contributed by atoms with Crippen LogP contribution < -0.4 is 0 Å². The van der Waals surface area contributed by atoms with Crippen molar-refractivity contribution in [3.05, 3.63) is 0 Å². The van der Waals surface area contributed by atoms with E-state index in [1.54, 1.807) is 0 Å². The summed E-state index contributed by atoms with van der Waals surface area (Å²) >= 11 is 0. The topological polar surface area (TPSA) is 6.48 Å². The summed E-state index contributed by atoms with van der Waals surface area (Å²) in [6.07, 6.45) is 14.5. The van der Waals surface area contributed by atoms with E-state index in [0.29, 0.717) is 11.1 Å². The molecule has 0 aromatic carbocycles. The molecule has 0 aromatic rings. The van der Waals surface area contributed by atoms with Crippen molar-refractivity contribution in [3.8, 4) is 0 Å². The van der Waals surface area contributed by atoms with Gasteiger partial charge in [-0.15, -0.1) is 0 Å². The third kappa shape index (κ3) is 3.82. The number of hydrogen-bond acceptors (Lipinski definition) is 2. The molecule has 2 saturated heterocycles. The summed E-state index contributed by atoms with van der Waals surface area (Å²) in [6, 6.07) is 1.70. The Morgan fingerprint density at radius 1 is 0.607 bits per heavy atom. The maximum atomic E-state index is 2.99. The van der Waals surface area contributed by atoms with Crippen LogP contribution in [0.3, 0.4) is 0 Å². The smallest absolute Gasteiger partial charge is 0.0159 e. The lowest BCUT2D eigenvalue weighted by Gasteiger charge is -2.59. The van der Waals surface area contributed by atoms with Gasteiger partial charge < -0.3 is 0 Å². The van der Waals surface area contributed by atoms with Gasteiger partial charge in [-0.2, -0.15) is 0 Å². The predicted octanol–water partition coefficient (Wildman–Crippen LogP) is 6.34. The molecular formula is C26H48N2. The highest BCUT2D eigenvalue weighted by atomic mass is 15.3. The minimum Gasteiger partial charge on any atom is -0.294 e. The summed E-state index contributed by atoms with van der Waals surface area (Å²) < 4.78 is 0. The third-order valence-electron chi connectivity index (χ3n) is 9.61. The van der Waals surface area contributed by atoms with E-state index in [2.05, 4.69) is 51.3 Å². The quantitative estimate of drug-likeness (QED) is 0.556. The van der Waals surface area contributed by atoms with Crippen LogP contribution in [-0.4, -0.2) is 46.1 Å². The Kier molecular flexibility index (Phi) is 5.95. The Hall–Kier alpha value is -0.0800. The Morgan fingerprint density at radius 3 is 1.36 bits per heavy atom. The lowest BCUT2D eigenvalue weighted by Crippen LogP contribution is -2.64. The fourth-order valence-electron chi connectivity index (χ4n) is 8.54. The van der Waals surface area contributed by atoms with Crippen LogP contribution in [0.5, 0.6) is 0 Å². The lowest BCUT2D eigenvalue weighted by atomic mass is 9.66. The van der Waals surface area contributed by atoms with E-state index in [-0.39, 0.29) is 0 Å². The first kappa shape index (κ1) is 21.2. The minimum absolute atomic E-state index is 0.372. The highest BCUT2D eigenvalue weighted by Gasteiger charge is 2.48. The average Bonchev–Trinajstić information content (AvgIpc) is 2.63. The first-order valence-corrected chi connectivity index (χ1v) is 12.7. The highest BCUT2D eigenvalue weighted by molar-refractivity contribution is 5.03. The maximum absolute atomic E-state index is 2.99. The number of nitrogens with zero attached hydrogens (tertiary/aromatic N) is 2. The summed E-state index contributed by atoms with van der Waals surface area (Å²) in [5.74, 6) is 3.73. The largest absolute Gasteiger partial charge is 0.294 e. The normalized spacial score (nSPS) is 43.9. The molecule has 6 atom stereocenters. The molecule has 2 heterocycles. The molecule has 4 rings (SSSR count). The molecule has 2 heteroatoms. The van der Waals surface area contributed by atoms with Gasteiger partial charge in [0.1, 0.15) is 0 Å². The van der Waals surface area contributed by atoms with Gasteiger partial charge in [0.25, 0.3) is 0 Å². The molecule has 2 nitrogen and oxygen atoms in total. The van der Waals surface area contributed by atoms with Crippen LogP contribution in [0.1, 0.15) is 106 Å². The van der Waals surface area contributed by atoms with Crippen molar-refractivity contribution in [2.75, 3.05) is 13.1 Å². The van der Waals surface area contributed by atoms with E-state index in [4.69, 9.17) is 0 Å². The van der Waals surface area contributed by atoms with Crippen LogP contribution in [0.4, 0.5) is 0 Å². The lowest BCUT2D eigenvalue weighted by molar-refractivity contribution is -0.0921. The Labute approximate surface area is 175 Å². The van der Waals surface area contributed by atoms with Gasteiger partial charge in [0.15, 0.2) is 0 Å². The molecule has 4 fully saturated rings. The monoisotopic (exact) mass is 388 g/mol. The van der Waals surface area contributed by atoms with Gasteiger partial charge in [-0.25, -0.2) is 0 Å². The second kappa shape index (κ2) is 7.88. The molecule has 4 aliphatic rings. The molecule has 0 N–H and O–H groups in total. The number of hydrogen-bond donors (Lipinski definition) is 0. The predicted molar refractivity (Wildman–Crippen MR) is 121 cm³/mol. The number of piperidine rings is 2. The minimum atomic E-state index is 0.372. The number of likely N-dealkylation sites (tertiary alicyclic amines) is 2. The molecule has 28 heavy (non-hydrogen) atoms. The Bertz CT molecular complexity index is 491. The van der Waals surface area contributed by atoms with E-state index >= 15 is 0 Å². The average molecular weight is 389 g/mol. The molecule has 2 saturated carbocycles. The number of fused-ring (bicyclic) bond motifs is 2. The molecule has 2 aliphatic carbocycles. The first-order valence-electron chi connectivity index (χ1n) is 12.7. The SMILES string of the molecule is CC1CC(C)(C)N(CCN2C3CCCCC3C(C)CC2(C)C)C2CCCCC12. The van der Waals surface area contributed by atoms with Crippen LogP contribution in [0.15, 0.2) is 0 Å². The fourth-order valence-corrected chi connectivity index (χ4v) is 8.54. The molecular weight excluding hydrogens is 340 g/mol. The fraction of sp³-hybridized carbons (Fsp3) is 1.00. The summed E-state index contributed by atoms with van der Waals surface area (Å²) in [5, 5.41) is 0. The van der Waals surface area contributed by atoms with Gasteiger partial charge in [-0.05, 0) is 89.9 Å². The number of rotatable bonds is 3. The van der Waals surface area contributed by atoms with Gasteiger partial charge in [0.05, 0.1) is 0 Å². The standard InChI is InChI=1S/C26H48N2/c1-19-17-25(3,4)27(23-13-9-7-11-21(19)23)15-16-28-24-14-10-8-12-22(24)20(2)18-26(28,5)6/h19-24H,7-18H2,1-6H3. The van der Waals surface area contributed by atoms with Gasteiger partial charge >= 0.3 is 0 Å². The molecule has 0 spiro atoms. The Balaban J connectivity index is 1.51. The van der Waals surface area contributed by atoms with Gasteiger partial charge in [0.2, 0.25) is 0 Å².